The van der Waals surface area contributed by atoms with Crippen LogP contribution < -0.4 is 5.32 Å². The highest BCUT2D eigenvalue weighted by molar-refractivity contribution is 5.87. The van der Waals surface area contributed by atoms with Gasteiger partial charge in [0.05, 0.1) is 31.4 Å². The molecule has 2 N–H and O–H groups in total. The van der Waals surface area contributed by atoms with E-state index in [4.69, 9.17) is 4.74 Å². The minimum atomic E-state index is -0.389. The summed E-state index contributed by atoms with van der Waals surface area (Å²) in [5, 5.41) is 12.8. The van der Waals surface area contributed by atoms with Gasteiger partial charge in [-0.15, -0.1) is 0 Å². The molecule has 0 aromatic heterocycles. The van der Waals surface area contributed by atoms with Crippen molar-refractivity contribution >= 4 is 5.91 Å². The maximum absolute atomic E-state index is 12.8. The third-order valence-corrected chi connectivity index (χ3v) is 4.03. The molecule has 2 rings (SSSR count). The van der Waals surface area contributed by atoms with Crippen molar-refractivity contribution in [3.05, 3.63) is 0 Å². The fourth-order valence-corrected chi connectivity index (χ4v) is 3.08. The van der Waals surface area contributed by atoms with E-state index in [2.05, 4.69) is 12.2 Å². The van der Waals surface area contributed by atoms with Crippen molar-refractivity contribution in [1.29, 1.82) is 0 Å². The lowest BCUT2D eigenvalue weighted by molar-refractivity contribution is -0.148. The number of rotatable bonds is 4. The zero-order valence-corrected chi connectivity index (χ0v) is 11.2. The fourth-order valence-electron chi connectivity index (χ4n) is 3.08. The summed E-state index contributed by atoms with van der Waals surface area (Å²) in [7, 11) is 0. The molecular formula is C13H24N2O3. The van der Waals surface area contributed by atoms with Gasteiger partial charge in [0, 0.05) is 6.54 Å². The minimum absolute atomic E-state index is 0.0199. The maximum atomic E-state index is 12.8. The molecule has 0 bridgehead atoms. The van der Waals surface area contributed by atoms with Gasteiger partial charge < -0.3 is 20.1 Å². The number of hydrogen-bond acceptors (Lipinski definition) is 4. The van der Waals surface area contributed by atoms with Crippen LogP contribution in [0.25, 0.3) is 0 Å². The van der Waals surface area contributed by atoms with E-state index in [1.807, 2.05) is 4.90 Å². The van der Waals surface area contributed by atoms with Gasteiger partial charge in [0.25, 0.3) is 0 Å². The number of amides is 1. The van der Waals surface area contributed by atoms with Crippen molar-refractivity contribution in [1.82, 2.24) is 10.2 Å². The fraction of sp³-hybridized carbons (Fsp3) is 0.923. The van der Waals surface area contributed by atoms with Crippen LogP contribution in [0, 0.1) is 0 Å². The Labute approximate surface area is 108 Å². The number of carbonyl (C=O) groups is 1. The third kappa shape index (κ3) is 2.53. The standard InChI is InChI=1S/C13H24N2O3/c1-2-4-13(5-3-6-14-13)12(17)15-7-8-18-10-11(15)9-16/h11,14,16H,2-10H2,1H3. The first-order chi connectivity index (χ1) is 8.73. The lowest BCUT2D eigenvalue weighted by Gasteiger charge is -2.40. The zero-order valence-electron chi connectivity index (χ0n) is 11.2. The summed E-state index contributed by atoms with van der Waals surface area (Å²) < 4.78 is 5.33. The number of aliphatic hydroxyl groups is 1. The van der Waals surface area contributed by atoms with E-state index in [1.165, 1.54) is 0 Å². The summed E-state index contributed by atoms with van der Waals surface area (Å²) in [6.07, 6.45) is 3.84. The summed E-state index contributed by atoms with van der Waals surface area (Å²) in [4.78, 5) is 14.6. The van der Waals surface area contributed by atoms with Crippen LogP contribution >= 0.6 is 0 Å². The van der Waals surface area contributed by atoms with E-state index >= 15 is 0 Å². The molecule has 0 saturated carbocycles. The predicted molar refractivity (Wildman–Crippen MR) is 68.3 cm³/mol. The number of carbonyl (C=O) groups excluding carboxylic acids is 1. The minimum Gasteiger partial charge on any atom is -0.394 e. The van der Waals surface area contributed by atoms with Crippen LogP contribution in [0.15, 0.2) is 0 Å². The van der Waals surface area contributed by atoms with Crippen molar-refractivity contribution in [2.45, 2.75) is 44.2 Å². The normalized spacial score (nSPS) is 32.8. The molecule has 5 nitrogen and oxygen atoms in total. The van der Waals surface area contributed by atoms with Crippen molar-refractivity contribution in [3.8, 4) is 0 Å². The Bertz CT molecular complexity index is 290. The van der Waals surface area contributed by atoms with Crippen molar-refractivity contribution in [3.63, 3.8) is 0 Å². The summed E-state index contributed by atoms with van der Waals surface area (Å²) >= 11 is 0. The molecule has 5 heteroatoms. The van der Waals surface area contributed by atoms with Crippen LogP contribution in [0.5, 0.6) is 0 Å². The third-order valence-electron chi connectivity index (χ3n) is 4.03. The second-order valence-electron chi connectivity index (χ2n) is 5.27. The number of hydrogen-bond donors (Lipinski definition) is 2. The van der Waals surface area contributed by atoms with Crippen LogP contribution in [0.1, 0.15) is 32.6 Å². The first-order valence-corrected chi connectivity index (χ1v) is 6.98. The number of morpholine rings is 1. The Hall–Kier alpha value is -0.650. The molecule has 0 aromatic rings. The van der Waals surface area contributed by atoms with Gasteiger partial charge >= 0.3 is 0 Å². The number of nitrogens with zero attached hydrogens (tertiary/aromatic N) is 1. The van der Waals surface area contributed by atoms with Crippen molar-refractivity contribution < 1.29 is 14.6 Å². The van der Waals surface area contributed by atoms with Crippen LogP contribution in [-0.2, 0) is 9.53 Å². The van der Waals surface area contributed by atoms with E-state index in [-0.39, 0.29) is 24.1 Å². The van der Waals surface area contributed by atoms with Gasteiger partial charge in [0.1, 0.15) is 0 Å². The molecule has 0 aliphatic carbocycles. The Morgan fingerprint density at radius 2 is 2.44 bits per heavy atom. The second-order valence-corrected chi connectivity index (χ2v) is 5.27. The molecule has 2 aliphatic heterocycles. The Balaban J connectivity index is 2.11. The van der Waals surface area contributed by atoms with Crippen LogP contribution in [0.2, 0.25) is 0 Å². The quantitative estimate of drug-likeness (QED) is 0.750. The molecule has 2 unspecified atom stereocenters. The Kier molecular flexibility index (Phi) is 4.59. The highest BCUT2D eigenvalue weighted by atomic mass is 16.5. The molecule has 2 heterocycles. The van der Waals surface area contributed by atoms with E-state index in [0.717, 1.165) is 32.2 Å². The van der Waals surface area contributed by atoms with Gasteiger partial charge in [-0.05, 0) is 25.8 Å². The number of aliphatic hydroxyl groups excluding tert-OH is 1. The molecule has 0 aromatic carbocycles. The van der Waals surface area contributed by atoms with Gasteiger partial charge in [-0.25, -0.2) is 0 Å². The molecule has 18 heavy (non-hydrogen) atoms. The maximum Gasteiger partial charge on any atom is 0.243 e. The predicted octanol–water partition coefficient (Wildman–Crippen LogP) is 0.128. The highest BCUT2D eigenvalue weighted by Crippen LogP contribution is 2.28. The molecule has 2 saturated heterocycles. The van der Waals surface area contributed by atoms with Crippen LogP contribution in [0.4, 0.5) is 0 Å². The Morgan fingerprint density at radius 1 is 1.61 bits per heavy atom. The van der Waals surface area contributed by atoms with E-state index in [1.54, 1.807) is 0 Å². The molecule has 0 radical (unpaired) electrons. The van der Waals surface area contributed by atoms with Gasteiger partial charge in [0.2, 0.25) is 5.91 Å². The zero-order chi connectivity index (χ0) is 13.0. The molecule has 0 spiro atoms. The SMILES string of the molecule is CCCC1(C(=O)N2CCOCC2CO)CCCN1. The van der Waals surface area contributed by atoms with Gasteiger partial charge in [-0.3, -0.25) is 4.79 Å². The van der Waals surface area contributed by atoms with Crippen LogP contribution in [-0.4, -0.2) is 60.4 Å². The molecular weight excluding hydrogens is 232 g/mol. The van der Waals surface area contributed by atoms with Crippen LogP contribution in [0.3, 0.4) is 0 Å². The monoisotopic (exact) mass is 256 g/mol. The summed E-state index contributed by atoms with van der Waals surface area (Å²) in [6.45, 7) is 4.62. The lowest BCUT2D eigenvalue weighted by atomic mass is 9.89. The molecule has 2 fully saturated rings. The van der Waals surface area contributed by atoms with E-state index in [0.29, 0.717) is 19.8 Å². The Morgan fingerprint density at radius 3 is 3.06 bits per heavy atom. The molecule has 2 aliphatic rings. The largest absolute Gasteiger partial charge is 0.394 e. The number of ether oxygens (including phenoxy) is 1. The lowest BCUT2D eigenvalue weighted by Crippen LogP contribution is -2.61. The van der Waals surface area contributed by atoms with E-state index < -0.39 is 0 Å². The number of nitrogens with one attached hydrogen (secondary N) is 1. The highest BCUT2D eigenvalue weighted by Gasteiger charge is 2.44. The average Bonchev–Trinajstić information content (AvgIpc) is 2.88. The average molecular weight is 256 g/mol. The summed E-state index contributed by atoms with van der Waals surface area (Å²) in [5.41, 5.74) is -0.389. The topological polar surface area (TPSA) is 61.8 Å². The van der Waals surface area contributed by atoms with Gasteiger partial charge in [-0.1, -0.05) is 13.3 Å². The summed E-state index contributed by atoms with van der Waals surface area (Å²) in [6, 6.07) is -0.178. The molecule has 1 amide bonds. The molecule has 2 atom stereocenters. The smallest absolute Gasteiger partial charge is 0.243 e. The first kappa shape index (κ1) is 13.8. The summed E-state index contributed by atoms with van der Waals surface area (Å²) in [5.74, 6) is 0.157. The second kappa shape index (κ2) is 5.99. The van der Waals surface area contributed by atoms with Gasteiger partial charge in [-0.2, -0.15) is 0 Å². The van der Waals surface area contributed by atoms with Gasteiger partial charge in [0.15, 0.2) is 0 Å². The first-order valence-electron chi connectivity index (χ1n) is 6.98. The van der Waals surface area contributed by atoms with Crippen molar-refractivity contribution in [2.75, 3.05) is 32.9 Å². The van der Waals surface area contributed by atoms with Crippen molar-refractivity contribution in [2.24, 2.45) is 0 Å². The molecule has 104 valence electrons. The van der Waals surface area contributed by atoms with E-state index in [9.17, 15) is 9.90 Å².